The lowest BCUT2D eigenvalue weighted by molar-refractivity contribution is -0.385. The number of nitro groups is 1. The van der Waals surface area contributed by atoms with Gasteiger partial charge in [-0.3, -0.25) is 20.3 Å². The molecule has 21 heavy (non-hydrogen) atoms. The van der Waals surface area contributed by atoms with E-state index in [1.54, 1.807) is 24.3 Å². The van der Waals surface area contributed by atoms with Gasteiger partial charge in [0.15, 0.2) is 0 Å². The molecule has 0 atom stereocenters. The summed E-state index contributed by atoms with van der Waals surface area (Å²) in [6.45, 7) is 0. The molecular formula is C13H10ClN3O4. The van der Waals surface area contributed by atoms with Crippen LogP contribution in [0.3, 0.4) is 0 Å². The Morgan fingerprint density at radius 2 is 1.90 bits per heavy atom. The highest BCUT2D eigenvalue weighted by Crippen LogP contribution is 2.32. The SMILES string of the molecule is NNC(=O)c1ccc(Oc2ccc(Cl)cc2)c([N+](=O)[O-])c1. The first-order chi connectivity index (χ1) is 10.0. The minimum atomic E-state index is -0.640. The molecule has 2 aromatic rings. The average molecular weight is 308 g/mol. The second kappa shape index (κ2) is 6.21. The summed E-state index contributed by atoms with van der Waals surface area (Å²) in [6.07, 6.45) is 0. The van der Waals surface area contributed by atoms with Crippen LogP contribution in [-0.4, -0.2) is 10.8 Å². The van der Waals surface area contributed by atoms with Gasteiger partial charge in [0.2, 0.25) is 5.75 Å². The zero-order valence-electron chi connectivity index (χ0n) is 10.6. The Labute approximate surface area is 124 Å². The van der Waals surface area contributed by atoms with Gasteiger partial charge < -0.3 is 4.74 Å². The van der Waals surface area contributed by atoms with Gasteiger partial charge in [-0.15, -0.1) is 0 Å². The highest BCUT2D eigenvalue weighted by Gasteiger charge is 2.19. The predicted octanol–water partition coefficient (Wildman–Crippen LogP) is 2.64. The first-order valence-corrected chi connectivity index (χ1v) is 6.12. The van der Waals surface area contributed by atoms with Crippen molar-refractivity contribution in [2.24, 2.45) is 5.84 Å². The van der Waals surface area contributed by atoms with E-state index in [0.717, 1.165) is 6.07 Å². The minimum absolute atomic E-state index is 0.0101. The molecule has 0 unspecified atom stereocenters. The van der Waals surface area contributed by atoms with Crippen molar-refractivity contribution in [1.82, 2.24) is 5.43 Å². The van der Waals surface area contributed by atoms with Crippen LogP contribution >= 0.6 is 11.6 Å². The number of hydrogen-bond donors (Lipinski definition) is 2. The fourth-order valence-corrected chi connectivity index (χ4v) is 1.73. The van der Waals surface area contributed by atoms with E-state index in [9.17, 15) is 14.9 Å². The first kappa shape index (κ1) is 14.8. The fourth-order valence-electron chi connectivity index (χ4n) is 1.60. The van der Waals surface area contributed by atoms with Crippen LogP contribution in [0.1, 0.15) is 10.4 Å². The highest BCUT2D eigenvalue weighted by atomic mass is 35.5. The van der Waals surface area contributed by atoms with Gasteiger partial charge in [-0.1, -0.05) is 11.6 Å². The number of nitrogen functional groups attached to an aromatic ring is 1. The number of benzene rings is 2. The normalized spacial score (nSPS) is 10.0. The molecule has 8 heteroatoms. The maximum absolute atomic E-state index is 11.4. The Hall–Kier alpha value is -2.64. The molecule has 108 valence electrons. The quantitative estimate of drug-likeness (QED) is 0.391. The third kappa shape index (κ3) is 3.47. The summed E-state index contributed by atoms with van der Waals surface area (Å²) < 4.78 is 5.43. The summed E-state index contributed by atoms with van der Waals surface area (Å²) in [5.74, 6) is 4.76. The molecule has 0 spiro atoms. The third-order valence-electron chi connectivity index (χ3n) is 2.59. The molecule has 0 radical (unpaired) electrons. The summed E-state index contributed by atoms with van der Waals surface area (Å²) in [5.41, 5.74) is 1.63. The van der Waals surface area contributed by atoms with Crippen LogP contribution in [-0.2, 0) is 0 Å². The Bertz CT molecular complexity index is 688. The van der Waals surface area contributed by atoms with E-state index in [0.29, 0.717) is 10.8 Å². The zero-order chi connectivity index (χ0) is 15.4. The van der Waals surface area contributed by atoms with E-state index in [1.807, 2.05) is 5.43 Å². The van der Waals surface area contributed by atoms with Crippen LogP contribution in [0, 0.1) is 10.1 Å². The molecule has 3 N–H and O–H groups in total. The van der Waals surface area contributed by atoms with Crippen LogP contribution in [0.4, 0.5) is 5.69 Å². The van der Waals surface area contributed by atoms with Gasteiger partial charge in [-0.05, 0) is 36.4 Å². The van der Waals surface area contributed by atoms with Crippen molar-refractivity contribution in [2.45, 2.75) is 0 Å². The van der Waals surface area contributed by atoms with E-state index in [4.69, 9.17) is 22.2 Å². The van der Waals surface area contributed by atoms with E-state index < -0.39 is 10.8 Å². The standard InChI is InChI=1S/C13H10ClN3O4/c14-9-2-4-10(5-3-9)21-12-6-1-8(13(18)16-15)7-11(12)17(19)20/h1-7H,15H2,(H,16,18). The molecule has 0 fully saturated rings. The van der Waals surface area contributed by atoms with Crippen LogP contribution in [0.5, 0.6) is 11.5 Å². The van der Waals surface area contributed by atoms with Gasteiger partial charge in [0.25, 0.3) is 5.91 Å². The molecule has 0 aliphatic rings. The topological polar surface area (TPSA) is 107 Å². The molecule has 0 heterocycles. The molecule has 0 aromatic heterocycles. The lowest BCUT2D eigenvalue weighted by Crippen LogP contribution is -2.29. The third-order valence-corrected chi connectivity index (χ3v) is 2.84. The average Bonchev–Trinajstić information content (AvgIpc) is 2.49. The van der Waals surface area contributed by atoms with Crippen molar-refractivity contribution in [1.29, 1.82) is 0 Å². The Kier molecular flexibility index (Phi) is 4.36. The summed E-state index contributed by atoms with van der Waals surface area (Å²) in [4.78, 5) is 21.8. The Morgan fingerprint density at radius 1 is 1.24 bits per heavy atom. The summed E-state index contributed by atoms with van der Waals surface area (Å²) >= 11 is 5.75. The lowest BCUT2D eigenvalue weighted by Gasteiger charge is -2.07. The number of amides is 1. The number of hydrazine groups is 1. The number of hydrogen-bond acceptors (Lipinski definition) is 5. The van der Waals surface area contributed by atoms with Crippen LogP contribution in [0.25, 0.3) is 0 Å². The van der Waals surface area contributed by atoms with E-state index in [2.05, 4.69) is 0 Å². The number of nitrogens with two attached hydrogens (primary N) is 1. The van der Waals surface area contributed by atoms with Crippen LogP contribution in [0.2, 0.25) is 5.02 Å². The second-order valence-corrected chi connectivity index (χ2v) is 4.41. The summed E-state index contributed by atoms with van der Waals surface area (Å²) in [7, 11) is 0. The largest absolute Gasteiger partial charge is 0.450 e. The maximum Gasteiger partial charge on any atom is 0.312 e. The first-order valence-electron chi connectivity index (χ1n) is 5.74. The molecule has 0 bridgehead atoms. The van der Waals surface area contributed by atoms with Crippen molar-refractivity contribution in [2.75, 3.05) is 0 Å². The summed E-state index contributed by atoms with van der Waals surface area (Å²) in [5, 5.41) is 11.6. The van der Waals surface area contributed by atoms with Crippen molar-refractivity contribution >= 4 is 23.2 Å². The minimum Gasteiger partial charge on any atom is -0.450 e. The molecule has 0 aliphatic carbocycles. The van der Waals surface area contributed by atoms with Crippen molar-refractivity contribution in [3.05, 3.63) is 63.2 Å². The van der Waals surface area contributed by atoms with Gasteiger partial charge >= 0.3 is 5.69 Å². The number of halogens is 1. The molecule has 1 amide bonds. The molecular weight excluding hydrogens is 298 g/mol. The van der Waals surface area contributed by atoms with Gasteiger partial charge in [0.1, 0.15) is 5.75 Å². The monoisotopic (exact) mass is 307 g/mol. The zero-order valence-corrected chi connectivity index (χ0v) is 11.3. The van der Waals surface area contributed by atoms with Gasteiger partial charge in [0, 0.05) is 16.7 Å². The van der Waals surface area contributed by atoms with Gasteiger partial charge in [-0.25, -0.2) is 5.84 Å². The lowest BCUT2D eigenvalue weighted by atomic mass is 10.2. The van der Waals surface area contributed by atoms with E-state index in [1.165, 1.54) is 12.1 Å². The molecule has 7 nitrogen and oxygen atoms in total. The van der Waals surface area contributed by atoms with Gasteiger partial charge in [0.05, 0.1) is 4.92 Å². The molecule has 0 aliphatic heterocycles. The molecule has 0 saturated carbocycles. The van der Waals surface area contributed by atoms with Crippen molar-refractivity contribution in [3.8, 4) is 11.5 Å². The van der Waals surface area contributed by atoms with Crippen LogP contribution < -0.4 is 16.0 Å². The number of carbonyl (C=O) groups is 1. The van der Waals surface area contributed by atoms with E-state index in [-0.39, 0.29) is 17.0 Å². The highest BCUT2D eigenvalue weighted by molar-refractivity contribution is 6.30. The molecule has 0 saturated heterocycles. The van der Waals surface area contributed by atoms with Crippen molar-refractivity contribution in [3.63, 3.8) is 0 Å². The number of ether oxygens (including phenoxy) is 1. The number of nitrogens with one attached hydrogen (secondary N) is 1. The van der Waals surface area contributed by atoms with Crippen molar-refractivity contribution < 1.29 is 14.5 Å². The second-order valence-electron chi connectivity index (χ2n) is 3.97. The molecule has 2 rings (SSSR count). The predicted molar refractivity (Wildman–Crippen MR) is 76.3 cm³/mol. The Balaban J connectivity index is 2.36. The summed E-state index contributed by atoms with van der Waals surface area (Å²) in [6, 6.07) is 10.1. The number of nitro benzene ring substituents is 1. The maximum atomic E-state index is 11.4. The number of rotatable bonds is 4. The van der Waals surface area contributed by atoms with E-state index >= 15 is 0 Å². The van der Waals surface area contributed by atoms with Crippen LogP contribution in [0.15, 0.2) is 42.5 Å². The number of nitrogens with zero attached hydrogens (tertiary/aromatic N) is 1. The fraction of sp³-hybridized carbons (Fsp3) is 0. The van der Waals surface area contributed by atoms with Gasteiger partial charge in [-0.2, -0.15) is 0 Å². The number of carbonyl (C=O) groups excluding carboxylic acids is 1. The molecule has 2 aromatic carbocycles. The Morgan fingerprint density at radius 3 is 2.48 bits per heavy atom. The smallest absolute Gasteiger partial charge is 0.312 e.